The van der Waals surface area contributed by atoms with Crippen LogP contribution in [0.4, 0.5) is 5.69 Å². The molecule has 9 nitrogen and oxygen atoms in total. The molecule has 0 aliphatic carbocycles. The molecule has 0 atom stereocenters. The van der Waals surface area contributed by atoms with Crippen LogP contribution in [-0.4, -0.2) is 33.1 Å². The summed E-state index contributed by atoms with van der Waals surface area (Å²) in [5.74, 6) is -1.23. The molecule has 0 aliphatic rings. The van der Waals surface area contributed by atoms with E-state index in [9.17, 15) is 19.2 Å². The zero-order chi connectivity index (χ0) is 21.3. The van der Waals surface area contributed by atoms with E-state index >= 15 is 0 Å². The second-order valence-electron chi connectivity index (χ2n) is 6.41. The predicted molar refractivity (Wildman–Crippen MR) is 107 cm³/mol. The average molecular weight is 396 g/mol. The van der Waals surface area contributed by atoms with Crippen LogP contribution < -0.4 is 16.6 Å². The minimum atomic E-state index is -0.649. The smallest absolute Gasteiger partial charge is 0.338 e. The van der Waals surface area contributed by atoms with Crippen molar-refractivity contribution in [1.29, 1.82) is 0 Å². The first-order valence-corrected chi connectivity index (χ1v) is 8.88. The van der Waals surface area contributed by atoms with Crippen LogP contribution in [0.3, 0.4) is 0 Å². The number of pyridine rings is 1. The van der Waals surface area contributed by atoms with E-state index in [4.69, 9.17) is 4.74 Å². The molecule has 1 N–H and O–H groups in total. The quantitative estimate of drug-likeness (QED) is 0.664. The van der Waals surface area contributed by atoms with Gasteiger partial charge in [-0.15, -0.1) is 0 Å². The molecule has 0 radical (unpaired) electrons. The first-order valence-electron chi connectivity index (χ1n) is 8.88. The first-order chi connectivity index (χ1) is 13.8. The molecule has 3 rings (SSSR count). The highest BCUT2D eigenvalue weighted by Crippen LogP contribution is 2.24. The van der Waals surface area contributed by atoms with Gasteiger partial charge < -0.3 is 10.1 Å². The van der Waals surface area contributed by atoms with Gasteiger partial charge in [-0.05, 0) is 24.1 Å². The number of aryl methyl sites for hydroxylation is 2. The van der Waals surface area contributed by atoms with Gasteiger partial charge in [-0.25, -0.2) is 14.6 Å². The molecule has 0 bridgehead atoms. The Bertz CT molecular complexity index is 1260. The second kappa shape index (κ2) is 7.70. The van der Waals surface area contributed by atoms with Crippen molar-refractivity contribution in [2.75, 3.05) is 12.4 Å². The summed E-state index contributed by atoms with van der Waals surface area (Å²) in [5.41, 5.74) is 0.162. The number of aromatic nitrogens is 3. The van der Waals surface area contributed by atoms with E-state index in [1.807, 2.05) is 6.92 Å². The third kappa shape index (κ3) is 3.31. The number of fused-ring (bicyclic) bond motifs is 1. The van der Waals surface area contributed by atoms with Gasteiger partial charge in [0.15, 0.2) is 5.65 Å². The number of hydrogen-bond donors (Lipinski definition) is 1. The van der Waals surface area contributed by atoms with Crippen LogP contribution in [0.25, 0.3) is 11.0 Å². The number of benzene rings is 1. The van der Waals surface area contributed by atoms with Crippen LogP contribution in [0.2, 0.25) is 0 Å². The van der Waals surface area contributed by atoms with Gasteiger partial charge in [-0.3, -0.25) is 18.7 Å². The topological polar surface area (TPSA) is 112 Å². The molecule has 150 valence electrons. The summed E-state index contributed by atoms with van der Waals surface area (Å²) in [6.45, 7) is 1.85. The van der Waals surface area contributed by atoms with E-state index in [-0.39, 0.29) is 27.8 Å². The van der Waals surface area contributed by atoms with Gasteiger partial charge >= 0.3 is 11.7 Å². The molecule has 0 saturated heterocycles. The normalized spacial score (nSPS) is 10.8. The molecule has 2 heterocycles. The Morgan fingerprint density at radius 1 is 1.10 bits per heavy atom. The molecule has 0 saturated carbocycles. The number of anilines is 1. The maximum absolute atomic E-state index is 13.0. The number of rotatable bonds is 4. The van der Waals surface area contributed by atoms with Gasteiger partial charge in [0.1, 0.15) is 5.39 Å². The van der Waals surface area contributed by atoms with Crippen molar-refractivity contribution < 1.29 is 14.3 Å². The number of amides is 1. The zero-order valence-electron chi connectivity index (χ0n) is 16.5. The van der Waals surface area contributed by atoms with E-state index in [1.54, 1.807) is 12.1 Å². The summed E-state index contributed by atoms with van der Waals surface area (Å²) >= 11 is 0. The maximum atomic E-state index is 13.0. The molecule has 0 spiro atoms. The number of ether oxygens (including phenoxy) is 1. The Labute approximate surface area is 165 Å². The third-order valence-corrected chi connectivity index (χ3v) is 4.74. The Balaban J connectivity index is 2.24. The molecule has 29 heavy (non-hydrogen) atoms. The predicted octanol–water partition coefficient (Wildman–Crippen LogP) is 1.23. The van der Waals surface area contributed by atoms with Crippen LogP contribution in [0, 0.1) is 0 Å². The van der Waals surface area contributed by atoms with Crippen LogP contribution in [-0.2, 0) is 25.3 Å². The highest BCUT2D eigenvalue weighted by atomic mass is 16.5. The van der Waals surface area contributed by atoms with E-state index in [2.05, 4.69) is 10.3 Å². The van der Waals surface area contributed by atoms with Crippen molar-refractivity contribution in [3.8, 4) is 0 Å². The van der Waals surface area contributed by atoms with Gasteiger partial charge in [-0.1, -0.05) is 19.1 Å². The minimum absolute atomic E-state index is 0.101. The molecule has 0 unspecified atom stereocenters. The zero-order valence-corrected chi connectivity index (χ0v) is 16.5. The number of methoxy groups -OCH3 is 1. The Kier molecular flexibility index (Phi) is 5.31. The summed E-state index contributed by atoms with van der Waals surface area (Å²) in [4.78, 5) is 54.3. The number of carbonyl (C=O) groups is 2. The van der Waals surface area contributed by atoms with Gasteiger partial charge in [0, 0.05) is 20.3 Å². The highest BCUT2D eigenvalue weighted by molar-refractivity contribution is 6.13. The van der Waals surface area contributed by atoms with Crippen LogP contribution in [0.5, 0.6) is 0 Å². The molecule has 9 heteroatoms. The third-order valence-electron chi connectivity index (χ3n) is 4.74. The van der Waals surface area contributed by atoms with Gasteiger partial charge in [0.05, 0.1) is 23.9 Å². The molecular formula is C20H20N4O5. The van der Waals surface area contributed by atoms with Crippen molar-refractivity contribution in [1.82, 2.24) is 14.1 Å². The number of hydrogen-bond acceptors (Lipinski definition) is 6. The lowest BCUT2D eigenvalue weighted by Crippen LogP contribution is -2.38. The van der Waals surface area contributed by atoms with Crippen molar-refractivity contribution >= 4 is 28.6 Å². The van der Waals surface area contributed by atoms with Crippen LogP contribution in [0.15, 0.2) is 40.1 Å². The van der Waals surface area contributed by atoms with E-state index < -0.39 is 23.1 Å². The van der Waals surface area contributed by atoms with Gasteiger partial charge in [-0.2, -0.15) is 0 Å². The summed E-state index contributed by atoms with van der Waals surface area (Å²) in [7, 11) is 4.09. The standard InChI is InChI=1S/C20H20N4O5/c1-5-11-10-21-16-14(18(26)24(3)20(28)23(16)2)15(11)22-17(25)12-8-6-7-9-13(12)19(27)29-4/h6-10H,5H2,1-4H3,(H,21,22,25). The van der Waals surface area contributed by atoms with Crippen molar-refractivity contribution in [2.45, 2.75) is 13.3 Å². The minimum Gasteiger partial charge on any atom is -0.465 e. The van der Waals surface area contributed by atoms with E-state index in [0.29, 0.717) is 12.0 Å². The van der Waals surface area contributed by atoms with Crippen molar-refractivity contribution in [3.63, 3.8) is 0 Å². The van der Waals surface area contributed by atoms with Crippen molar-refractivity contribution in [2.24, 2.45) is 14.1 Å². The number of nitrogens with zero attached hydrogens (tertiary/aromatic N) is 3. The molecule has 1 amide bonds. The average Bonchev–Trinajstić information content (AvgIpc) is 2.75. The summed E-state index contributed by atoms with van der Waals surface area (Å²) in [5, 5.41) is 2.86. The number of nitrogens with one attached hydrogen (secondary N) is 1. The van der Waals surface area contributed by atoms with Crippen LogP contribution >= 0.6 is 0 Å². The Hall–Kier alpha value is -3.75. The lowest BCUT2D eigenvalue weighted by atomic mass is 10.1. The van der Waals surface area contributed by atoms with Gasteiger partial charge in [0.2, 0.25) is 0 Å². The van der Waals surface area contributed by atoms with Crippen LogP contribution in [0.1, 0.15) is 33.2 Å². The first kappa shape index (κ1) is 20.0. The fourth-order valence-corrected chi connectivity index (χ4v) is 3.13. The highest BCUT2D eigenvalue weighted by Gasteiger charge is 2.21. The molecule has 0 fully saturated rings. The number of esters is 1. The van der Waals surface area contributed by atoms with Crippen molar-refractivity contribution in [3.05, 3.63) is 68.0 Å². The second-order valence-corrected chi connectivity index (χ2v) is 6.41. The molecular weight excluding hydrogens is 376 g/mol. The van der Waals surface area contributed by atoms with Gasteiger partial charge in [0.25, 0.3) is 11.5 Å². The molecule has 1 aromatic carbocycles. The SMILES string of the molecule is CCc1cnc2c(c1NC(=O)c1ccccc1C(=O)OC)c(=O)n(C)c(=O)n2C. The lowest BCUT2D eigenvalue weighted by Gasteiger charge is -2.15. The number of carbonyl (C=O) groups excluding carboxylic acids is 2. The fourth-order valence-electron chi connectivity index (χ4n) is 3.13. The molecule has 2 aromatic heterocycles. The lowest BCUT2D eigenvalue weighted by molar-refractivity contribution is 0.0597. The monoisotopic (exact) mass is 396 g/mol. The molecule has 0 aliphatic heterocycles. The largest absolute Gasteiger partial charge is 0.465 e. The Morgan fingerprint density at radius 2 is 1.76 bits per heavy atom. The Morgan fingerprint density at radius 3 is 2.38 bits per heavy atom. The maximum Gasteiger partial charge on any atom is 0.338 e. The van der Waals surface area contributed by atoms with E-state index in [0.717, 1.165) is 4.57 Å². The summed E-state index contributed by atoms with van der Waals surface area (Å²) in [6.07, 6.45) is 2.01. The molecule has 3 aromatic rings. The summed E-state index contributed by atoms with van der Waals surface area (Å²) in [6, 6.07) is 6.21. The fraction of sp³-hybridized carbons (Fsp3) is 0.250. The van der Waals surface area contributed by atoms with E-state index in [1.165, 1.54) is 44.1 Å². The summed E-state index contributed by atoms with van der Waals surface area (Å²) < 4.78 is 6.94.